The highest BCUT2D eigenvalue weighted by Gasteiger charge is 2.32. The number of hydrogen-bond acceptors (Lipinski definition) is 8. The first-order valence-electron chi connectivity index (χ1n) is 14.3. The van der Waals surface area contributed by atoms with Gasteiger partial charge in [0.05, 0.1) is 41.1 Å². The third-order valence-electron chi connectivity index (χ3n) is 7.27. The second kappa shape index (κ2) is 12.6. The number of para-hydroxylation sites is 1. The molecular weight excluding hydrogens is 590 g/mol. The molecule has 0 unspecified atom stereocenters. The van der Waals surface area contributed by atoms with Crippen molar-refractivity contribution in [2.45, 2.75) is 19.9 Å². The van der Waals surface area contributed by atoms with E-state index in [2.05, 4.69) is 5.32 Å². The Morgan fingerprint density at radius 2 is 1.80 bits per heavy atom. The predicted molar refractivity (Wildman–Crippen MR) is 172 cm³/mol. The number of carbonyl (C=O) groups is 2. The summed E-state index contributed by atoms with van der Waals surface area (Å²) in [5, 5.41) is 2.96. The number of anilines is 1. The molecule has 226 valence electrons. The molecule has 0 fully saturated rings. The number of thiazole rings is 1. The van der Waals surface area contributed by atoms with E-state index in [1.54, 1.807) is 60.0 Å². The van der Waals surface area contributed by atoms with Gasteiger partial charge in [-0.15, -0.1) is 0 Å². The monoisotopic (exact) mass is 619 g/mol. The maximum Gasteiger partial charge on any atom is 0.337 e. The van der Waals surface area contributed by atoms with Crippen LogP contribution in [0.3, 0.4) is 0 Å². The van der Waals surface area contributed by atoms with E-state index in [1.165, 1.54) is 18.4 Å². The number of carbonyl (C=O) groups excluding carboxylic acids is 2. The number of nitrogens with zero attached hydrogens (tertiary/aromatic N) is 2. The van der Waals surface area contributed by atoms with Gasteiger partial charge in [0.1, 0.15) is 17.3 Å². The summed E-state index contributed by atoms with van der Waals surface area (Å²) < 4.78 is 18.5. The third kappa shape index (κ3) is 6.00. The standard InChI is InChI=1S/C35H29N3O6S/c1-4-43-26-15-13-22(14-16-26)31-30(32(39)37-25-11-6-5-7-12-25)21(2)36-35-38(31)33(40)29(45-35)20-27-17-18-28(44-27)23-9-8-10-24(19-23)34(41)42-3/h5-20,31H,4H2,1-3H3,(H,37,39)/b29-20-/t31-/m1/s1. The quantitative estimate of drug-likeness (QED) is 0.236. The number of rotatable bonds is 8. The largest absolute Gasteiger partial charge is 0.494 e. The van der Waals surface area contributed by atoms with Gasteiger partial charge in [0, 0.05) is 17.3 Å². The summed E-state index contributed by atoms with van der Waals surface area (Å²) >= 11 is 1.22. The Labute approximate surface area is 262 Å². The minimum absolute atomic E-state index is 0.305. The Morgan fingerprint density at radius 3 is 2.53 bits per heavy atom. The molecule has 0 aliphatic carbocycles. The summed E-state index contributed by atoms with van der Waals surface area (Å²) in [5.41, 5.74) is 3.05. The zero-order valence-electron chi connectivity index (χ0n) is 24.8. The van der Waals surface area contributed by atoms with Crippen LogP contribution in [0, 0.1) is 0 Å². The van der Waals surface area contributed by atoms with Gasteiger partial charge in [0.25, 0.3) is 11.5 Å². The highest BCUT2D eigenvalue weighted by atomic mass is 32.1. The Hall–Kier alpha value is -5.48. The number of aromatic nitrogens is 1. The number of benzene rings is 3. The smallest absolute Gasteiger partial charge is 0.337 e. The summed E-state index contributed by atoms with van der Waals surface area (Å²) in [6.45, 7) is 4.20. The fourth-order valence-corrected chi connectivity index (χ4v) is 6.22. The van der Waals surface area contributed by atoms with Gasteiger partial charge in [-0.25, -0.2) is 9.79 Å². The lowest BCUT2D eigenvalue weighted by molar-refractivity contribution is -0.113. The number of ether oxygens (including phenoxy) is 2. The molecule has 5 aromatic rings. The molecule has 0 saturated heterocycles. The van der Waals surface area contributed by atoms with Crippen molar-refractivity contribution in [2.75, 3.05) is 19.0 Å². The molecule has 10 heteroatoms. The van der Waals surface area contributed by atoms with Gasteiger partial charge in [0.2, 0.25) is 0 Å². The van der Waals surface area contributed by atoms with Gasteiger partial charge in [-0.3, -0.25) is 14.2 Å². The maximum absolute atomic E-state index is 14.0. The minimum atomic E-state index is -0.726. The van der Waals surface area contributed by atoms with Crippen LogP contribution in [0.4, 0.5) is 5.69 Å². The number of amides is 1. The molecule has 1 atom stereocenters. The Balaban J connectivity index is 1.42. The molecule has 45 heavy (non-hydrogen) atoms. The zero-order chi connectivity index (χ0) is 31.5. The van der Waals surface area contributed by atoms with Gasteiger partial charge in [-0.1, -0.05) is 53.8 Å². The predicted octanol–water partition coefficient (Wildman–Crippen LogP) is 5.32. The van der Waals surface area contributed by atoms with Crippen LogP contribution >= 0.6 is 11.3 Å². The lowest BCUT2D eigenvalue weighted by atomic mass is 9.95. The number of esters is 1. The van der Waals surface area contributed by atoms with E-state index in [-0.39, 0.29) is 11.5 Å². The molecule has 1 aliphatic rings. The molecule has 2 aromatic heterocycles. The van der Waals surface area contributed by atoms with Crippen molar-refractivity contribution in [1.29, 1.82) is 0 Å². The molecule has 1 amide bonds. The first-order chi connectivity index (χ1) is 21.9. The van der Waals surface area contributed by atoms with Crippen molar-refractivity contribution in [3.8, 4) is 17.1 Å². The van der Waals surface area contributed by atoms with Crippen molar-refractivity contribution in [1.82, 2.24) is 4.57 Å². The number of fused-ring (bicyclic) bond motifs is 1. The number of furan rings is 1. The molecule has 1 aliphatic heterocycles. The molecule has 0 bridgehead atoms. The van der Waals surface area contributed by atoms with Crippen LogP contribution in [-0.2, 0) is 9.53 Å². The molecule has 0 spiro atoms. The van der Waals surface area contributed by atoms with Gasteiger partial charge in [0.15, 0.2) is 4.80 Å². The second-order valence-electron chi connectivity index (χ2n) is 10.2. The lowest BCUT2D eigenvalue weighted by Crippen LogP contribution is -2.40. The van der Waals surface area contributed by atoms with Gasteiger partial charge < -0.3 is 19.2 Å². The number of methoxy groups -OCH3 is 1. The molecule has 1 N–H and O–H groups in total. The van der Waals surface area contributed by atoms with Crippen LogP contribution in [0.2, 0.25) is 0 Å². The average molecular weight is 620 g/mol. The van der Waals surface area contributed by atoms with Crippen molar-refractivity contribution < 1.29 is 23.5 Å². The number of allylic oxidation sites excluding steroid dienone is 1. The van der Waals surface area contributed by atoms with E-state index < -0.39 is 12.0 Å². The SMILES string of the molecule is CCOc1ccc([C@@H]2C(C(=O)Nc3ccccc3)=C(C)N=c3s/c(=C\c4ccc(-c5cccc(C(=O)OC)c5)o4)c(=O)n32)cc1. The Morgan fingerprint density at radius 1 is 1.02 bits per heavy atom. The first-order valence-corrected chi connectivity index (χ1v) is 15.1. The van der Waals surface area contributed by atoms with Crippen molar-refractivity contribution in [2.24, 2.45) is 4.99 Å². The second-order valence-corrected chi connectivity index (χ2v) is 11.2. The zero-order valence-corrected chi connectivity index (χ0v) is 25.6. The van der Waals surface area contributed by atoms with Gasteiger partial charge in [-0.05, 0) is 67.9 Å². The minimum Gasteiger partial charge on any atom is -0.494 e. The first kappa shape index (κ1) is 29.6. The highest BCUT2D eigenvalue weighted by Crippen LogP contribution is 2.32. The van der Waals surface area contributed by atoms with Crippen molar-refractivity contribution in [3.05, 3.63) is 139 Å². The van der Waals surface area contributed by atoms with Gasteiger partial charge in [-0.2, -0.15) is 0 Å². The van der Waals surface area contributed by atoms with E-state index >= 15 is 0 Å². The summed E-state index contributed by atoms with van der Waals surface area (Å²) in [5.74, 6) is 0.881. The lowest BCUT2D eigenvalue weighted by Gasteiger charge is -2.25. The van der Waals surface area contributed by atoms with Crippen LogP contribution in [-0.4, -0.2) is 30.2 Å². The maximum atomic E-state index is 14.0. The summed E-state index contributed by atoms with van der Waals surface area (Å²) in [6, 6.07) is 26.3. The van der Waals surface area contributed by atoms with Crippen LogP contribution in [0.5, 0.6) is 5.75 Å². The van der Waals surface area contributed by atoms with E-state index in [0.717, 1.165) is 5.56 Å². The molecule has 0 saturated carbocycles. The van der Waals surface area contributed by atoms with E-state index in [4.69, 9.17) is 18.9 Å². The number of hydrogen-bond donors (Lipinski definition) is 1. The summed E-state index contributed by atoms with van der Waals surface area (Å²) in [7, 11) is 1.33. The average Bonchev–Trinajstić information content (AvgIpc) is 3.65. The summed E-state index contributed by atoms with van der Waals surface area (Å²) in [4.78, 5) is 45.0. The fourth-order valence-electron chi connectivity index (χ4n) is 5.19. The third-order valence-corrected chi connectivity index (χ3v) is 8.26. The Bertz CT molecular complexity index is 2110. The van der Waals surface area contributed by atoms with Crippen LogP contribution < -0.4 is 24.9 Å². The number of nitrogens with one attached hydrogen (secondary N) is 1. The molecule has 3 aromatic carbocycles. The molecule has 0 radical (unpaired) electrons. The van der Waals surface area contributed by atoms with Crippen LogP contribution in [0.25, 0.3) is 17.4 Å². The van der Waals surface area contributed by atoms with Crippen molar-refractivity contribution >= 4 is 35.0 Å². The van der Waals surface area contributed by atoms with Crippen LogP contribution in [0.15, 0.2) is 116 Å². The topological polar surface area (TPSA) is 112 Å². The van der Waals surface area contributed by atoms with Gasteiger partial charge >= 0.3 is 5.97 Å². The van der Waals surface area contributed by atoms with E-state index in [9.17, 15) is 14.4 Å². The Kier molecular flexibility index (Phi) is 8.30. The van der Waals surface area contributed by atoms with Crippen molar-refractivity contribution in [3.63, 3.8) is 0 Å². The molecule has 3 heterocycles. The van der Waals surface area contributed by atoms with E-state index in [0.29, 0.717) is 61.3 Å². The fraction of sp³-hybridized carbons (Fsp3) is 0.143. The normalized spacial score (nSPS) is 14.5. The molecular formula is C35H29N3O6S. The van der Waals surface area contributed by atoms with E-state index in [1.807, 2.05) is 55.5 Å². The van der Waals surface area contributed by atoms with Crippen LogP contribution in [0.1, 0.15) is 41.6 Å². The highest BCUT2D eigenvalue weighted by molar-refractivity contribution is 7.07. The summed E-state index contributed by atoms with van der Waals surface area (Å²) in [6.07, 6.45) is 1.66. The molecule has 6 rings (SSSR count). The molecule has 9 nitrogen and oxygen atoms in total.